The van der Waals surface area contributed by atoms with Gasteiger partial charge < -0.3 is 4.90 Å². The van der Waals surface area contributed by atoms with Gasteiger partial charge in [-0.1, -0.05) is 58.3 Å². The molecule has 0 saturated carbocycles. The van der Waals surface area contributed by atoms with Crippen molar-refractivity contribution in [1.82, 2.24) is 0 Å². The molecule has 186 valence electrons. The Morgan fingerprint density at radius 1 is 0.735 bits per heavy atom. The topological polar surface area (TPSA) is 45.0 Å². The van der Waals surface area contributed by atoms with Crippen LogP contribution in [0, 0.1) is 0 Å². The zero-order chi connectivity index (χ0) is 24.8. The summed E-state index contributed by atoms with van der Waals surface area (Å²) in [4.78, 5) is 13.6. The number of carbonyl (C=O) groups is 1. The number of carbonyl (C=O) groups excluding carboxylic acids is 1. The molecule has 0 radical (unpaired) electrons. The zero-order valence-corrected chi connectivity index (χ0v) is 20.3. The molecule has 0 spiro atoms. The first-order valence-electron chi connectivity index (χ1n) is 12.3. The second-order valence-electron chi connectivity index (χ2n) is 8.50. The summed E-state index contributed by atoms with van der Waals surface area (Å²) in [7, 11) is 0. The normalized spacial score (nSPS) is 11.8. The number of anilines is 1. The summed E-state index contributed by atoms with van der Waals surface area (Å²) in [5, 5.41) is 8.20. The third-order valence-corrected chi connectivity index (χ3v) is 5.80. The largest absolute Gasteiger partial charge is 0.454 e. The van der Waals surface area contributed by atoms with E-state index in [4.69, 9.17) is 0 Å². The smallest absolute Gasteiger partial charge is 0.372 e. The Kier molecular flexibility index (Phi) is 11.8. The minimum atomic E-state index is -4.88. The molecule has 0 atom stereocenters. The molecule has 0 heterocycles. The maximum Gasteiger partial charge on any atom is 0.454 e. The molecule has 34 heavy (non-hydrogen) atoms. The van der Waals surface area contributed by atoms with Gasteiger partial charge in [-0.25, -0.2) is 0 Å². The van der Waals surface area contributed by atoms with Crippen LogP contribution in [0.15, 0.2) is 58.8 Å². The minimum Gasteiger partial charge on any atom is -0.372 e. The molecule has 0 amide bonds. The number of azo groups is 1. The average molecular weight is 476 g/mol. The van der Waals surface area contributed by atoms with Crippen molar-refractivity contribution in [3.05, 3.63) is 54.1 Å². The van der Waals surface area contributed by atoms with Crippen LogP contribution in [-0.2, 0) is 0 Å². The molecule has 0 aliphatic carbocycles. The highest BCUT2D eigenvalue weighted by molar-refractivity contribution is 6.00. The Labute approximate surface area is 201 Å². The SMILES string of the molecule is CCCCCCCCCCCN(CC)c1ccc(N=Nc2ccc(C(=O)C(F)(F)F)cc2)cc1. The zero-order valence-electron chi connectivity index (χ0n) is 20.3. The van der Waals surface area contributed by atoms with E-state index in [2.05, 4.69) is 29.0 Å². The van der Waals surface area contributed by atoms with Crippen molar-refractivity contribution in [1.29, 1.82) is 0 Å². The number of unbranched alkanes of at least 4 members (excludes halogenated alkanes) is 8. The summed E-state index contributed by atoms with van der Waals surface area (Å²) < 4.78 is 37.5. The lowest BCUT2D eigenvalue weighted by Crippen LogP contribution is -2.23. The average Bonchev–Trinajstić information content (AvgIpc) is 2.84. The second-order valence-corrected chi connectivity index (χ2v) is 8.50. The number of hydrogen-bond acceptors (Lipinski definition) is 4. The number of halogens is 3. The van der Waals surface area contributed by atoms with Crippen molar-refractivity contribution in [2.24, 2.45) is 10.2 Å². The maximum atomic E-state index is 12.5. The van der Waals surface area contributed by atoms with Gasteiger partial charge in [-0.2, -0.15) is 23.4 Å². The van der Waals surface area contributed by atoms with Crippen LogP contribution in [0.25, 0.3) is 0 Å². The highest BCUT2D eigenvalue weighted by atomic mass is 19.4. The number of Topliss-reactive ketones (excluding diaryl/α,β-unsaturated/α-hetero) is 1. The quantitative estimate of drug-likeness (QED) is 0.146. The molecular weight excluding hydrogens is 439 g/mol. The van der Waals surface area contributed by atoms with Crippen LogP contribution in [0.3, 0.4) is 0 Å². The molecule has 2 aromatic rings. The van der Waals surface area contributed by atoms with Gasteiger partial charge in [0, 0.05) is 24.3 Å². The number of rotatable bonds is 15. The molecule has 7 heteroatoms. The van der Waals surface area contributed by atoms with E-state index in [0.29, 0.717) is 11.4 Å². The van der Waals surface area contributed by atoms with Gasteiger partial charge in [0.05, 0.1) is 11.4 Å². The Morgan fingerprint density at radius 2 is 1.21 bits per heavy atom. The maximum absolute atomic E-state index is 12.5. The number of alkyl halides is 3. The van der Waals surface area contributed by atoms with Crippen molar-refractivity contribution in [3.63, 3.8) is 0 Å². The van der Waals surface area contributed by atoms with Crippen LogP contribution in [-0.4, -0.2) is 25.0 Å². The fourth-order valence-corrected chi connectivity index (χ4v) is 3.77. The Bertz CT molecular complexity index is 877. The van der Waals surface area contributed by atoms with Gasteiger partial charge in [-0.15, -0.1) is 0 Å². The lowest BCUT2D eigenvalue weighted by Gasteiger charge is -2.23. The lowest BCUT2D eigenvalue weighted by molar-refractivity contribution is -0.0885. The molecule has 2 aromatic carbocycles. The lowest BCUT2D eigenvalue weighted by atomic mass is 10.1. The number of benzene rings is 2. The summed E-state index contributed by atoms with van der Waals surface area (Å²) in [6.45, 7) is 6.35. The van der Waals surface area contributed by atoms with Crippen LogP contribution in [0.4, 0.5) is 30.2 Å². The minimum absolute atomic E-state index is 0.378. The highest BCUT2D eigenvalue weighted by Crippen LogP contribution is 2.25. The Hall–Kier alpha value is -2.70. The molecule has 2 rings (SSSR count). The highest BCUT2D eigenvalue weighted by Gasteiger charge is 2.39. The fourth-order valence-electron chi connectivity index (χ4n) is 3.77. The van der Waals surface area contributed by atoms with Crippen molar-refractivity contribution in [2.45, 2.75) is 77.8 Å². The molecule has 0 aromatic heterocycles. The van der Waals surface area contributed by atoms with Crippen molar-refractivity contribution in [3.8, 4) is 0 Å². The van der Waals surface area contributed by atoms with Crippen LogP contribution < -0.4 is 4.90 Å². The predicted molar refractivity (Wildman–Crippen MR) is 133 cm³/mol. The number of nitrogens with zero attached hydrogens (tertiary/aromatic N) is 3. The first kappa shape index (κ1) is 27.5. The van der Waals surface area contributed by atoms with Crippen LogP contribution in [0.1, 0.15) is 82.0 Å². The van der Waals surface area contributed by atoms with E-state index in [9.17, 15) is 18.0 Å². The molecule has 0 aliphatic rings. The summed E-state index contributed by atoms with van der Waals surface area (Å²) in [6.07, 6.45) is 6.90. The number of hydrogen-bond donors (Lipinski definition) is 0. The molecule has 0 aliphatic heterocycles. The first-order chi connectivity index (χ1) is 16.3. The van der Waals surface area contributed by atoms with Crippen molar-refractivity contribution in [2.75, 3.05) is 18.0 Å². The van der Waals surface area contributed by atoms with Gasteiger partial charge in [0.15, 0.2) is 0 Å². The van der Waals surface area contributed by atoms with Gasteiger partial charge in [0.1, 0.15) is 0 Å². The molecular formula is C27H36F3N3O. The summed E-state index contributed by atoms with van der Waals surface area (Å²) >= 11 is 0. The van der Waals surface area contributed by atoms with Gasteiger partial charge in [0.25, 0.3) is 5.78 Å². The Morgan fingerprint density at radius 3 is 1.68 bits per heavy atom. The fraction of sp³-hybridized carbons (Fsp3) is 0.519. The van der Waals surface area contributed by atoms with Crippen LogP contribution >= 0.6 is 0 Å². The standard InChI is InChI=1S/C27H36F3N3O/c1-3-5-6-7-8-9-10-11-12-21-33(4-2)25-19-17-24(18-20-25)32-31-23-15-13-22(14-16-23)26(34)27(28,29)30/h13-20H,3-12,21H2,1-2H3. The van der Waals surface area contributed by atoms with E-state index in [1.54, 1.807) is 0 Å². The second kappa shape index (κ2) is 14.5. The molecule has 0 saturated heterocycles. The predicted octanol–water partition coefficient (Wildman–Crippen LogP) is 9.20. The van der Waals surface area contributed by atoms with Gasteiger partial charge >= 0.3 is 6.18 Å². The van der Waals surface area contributed by atoms with E-state index >= 15 is 0 Å². The van der Waals surface area contributed by atoms with E-state index in [1.807, 2.05) is 24.3 Å². The summed E-state index contributed by atoms with van der Waals surface area (Å²) in [5.74, 6) is -1.87. The van der Waals surface area contributed by atoms with E-state index in [-0.39, 0.29) is 0 Å². The first-order valence-corrected chi connectivity index (χ1v) is 12.3. The van der Waals surface area contributed by atoms with E-state index < -0.39 is 17.5 Å². The van der Waals surface area contributed by atoms with Crippen molar-refractivity contribution >= 4 is 22.8 Å². The van der Waals surface area contributed by atoms with Gasteiger partial charge in [0.2, 0.25) is 0 Å². The molecule has 0 unspecified atom stereocenters. The van der Waals surface area contributed by atoms with Crippen LogP contribution in [0.2, 0.25) is 0 Å². The summed E-state index contributed by atoms with van der Waals surface area (Å²) in [5.41, 5.74) is 1.75. The van der Waals surface area contributed by atoms with Crippen molar-refractivity contribution < 1.29 is 18.0 Å². The third kappa shape index (κ3) is 9.65. The molecule has 0 N–H and O–H groups in total. The van der Waals surface area contributed by atoms with E-state index in [1.165, 1.54) is 69.9 Å². The van der Waals surface area contributed by atoms with Crippen LogP contribution in [0.5, 0.6) is 0 Å². The summed E-state index contributed by atoms with van der Waals surface area (Å²) in [6, 6.07) is 12.7. The number of ketones is 1. The molecule has 0 fully saturated rings. The van der Waals surface area contributed by atoms with Gasteiger partial charge in [-0.05, 0) is 61.9 Å². The van der Waals surface area contributed by atoms with E-state index in [0.717, 1.165) is 30.9 Å². The monoisotopic (exact) mass is 475 g/mol. The third-order valence-electron chi connectivity index (χ3n) is 5.80. The Balaban J connectivity index is 1.79. The molecule has 0 bridgehead atoms. The molecule has 4 nitrogen and oxygen atoms in total. The van der Waals surface area contributed by atoms with Gasteiger partial charge in [-0.3, -0.25) is 4.79 Å².